The standard InChI is InChI=1S/C17H20FNO/c1-12-7-8-13(2)15(9-12)17(19)11-20-10-14-5-3-4-6-16(14)18/h3-9,17H,10-11,19H2,1-2H3. The minimum absolute atomic E-state index is 0.193. The van der Waals surface area contributed by atoms with Crippen LogP contribution < -0.4 is 5.73 Å². The molecule has 1 atom stereocenters. The van der Waals surface area contributed by atoms with Crippen molar-refractivity contribution in [1.82, 2.24) is 0 Å². The highest BCUT2D eigenvalue weighted by molar-refractivity contribution is 5.32. The number of aryl methyl sites for hydroxylation is 2. The summed E-state index contributed by atoms with van der Waals surface area (Å²) in [4.78, 5) is 0. The SMILES string of the molecule is Cc1ccc(C)c(C(N)COCc2ccccc2F)c1. The Labute approximate surface area is 119 Å². The Morgan fingerprint density at radius 3 is 2.65 bits per heavy atom. The zero-order valence-corrected chi connectivity index (χ0v) is 11.9. The molecule has 20 heavy (non-hydrogen) atoms. The average molecular weight is 273 g/mol. The number of hydrogen-bond acceptors (Lipinski definition) is 2. The molecule has 0 fully saturated rings. The Hall–Kier alpha value is -1.71. The predicted octanol–water partition coefficient (Wildman–Crippen LogP) is 3.66. The second kappa shape index (κ2) is 6.64. The molecule has 0 aromatic heterocycles. The van der Waals surface area contributed by atoms with E-state index in [9.17, 15) is 4.39 Å². The predicted molar refractivity (Wildman–Crippen MR) is 78.9 cm³/mol. The maximum Gasteiger partial charge on any atom is 0.128 e. The fourth-order valence-corrected chi connectivity index (χ4v) is 2.16. The third kappa shape index (κ3) is 3.65. The van der Waals surface area contributed by atoms with Crippen LogP contribution in [0.4, 0.5) is 4.39 Å². The number of benzene rings is 2. The van der Waals surface area contributed by atoms with E-state index in [1.54, 1.807) is 18.2 Å². The Morgan fingerprint density at radius 1 is 1.15 bits per heavy atom. The van der Waals surface area contributed by atoms with Crippen LogP contribution in [0.2, 0.25) is 0 Å². The molecule has 0 heterocycles. The van der Waals surface area contributed by atoms with Gasteiger partial charge in [0.15, 0.2) is 0 Å². The van der Waals surface area contributed by atoms with Crippen molar-refractivity contribution in [3.63, 3.8) is 0 Å². The van der Waals surface area contributed by atoms with Crippen molar-refractivity contribution in [2.45, 2.75) is 26.5 Å². The molecular formula is C17H20FNO. The van der Waals surface area contributed by atoms with Gasteiger partial charge in [0.25, 0.3) is 0 Å². The number of halogens is 1. The summed E-state index contributed by atoms with van der Waals surface area (Å²) in [5, 5.41) is 0. The van der Waals surface area contributed by atoms with Crippen LogP contribution in [0.15, 0.2) is 42.5 Å². The van der Waals surface area contributed by atoms with E-state index in [-0.39, 0.29) is 18.5 Å². The second-order valence-electron chi connectivity index (χ2n) is 5.07. The highest BCUT2D eigenvalue weighted by Crippen LogP contribution is 2.18. The van der Waals surface area contributed by atoms with Gasteiger partial charge in [0.05, 0.1) is 19.3 Å². The molecule has 106 valence electrons. The summed E-state index contributed by atoms with van der Waals surface area (Å²) in [5.74, 6) is -0.243. The second-order valence-corrected chi connectivity index (χ2v) is 5.07. The third-order valence-electron chi connectivity index (χ3n) is 3.35. The monoisotopic (exact) mass is 273 g/mol. The molecule has 0 radical (unpaired) electrons. The average Bonchev–Trinajstić information content (AvgIpc) is 2.43. The zero-order valence-electron chi connectivity index (χ0n) is 11.9. The molecule has 2 nitrogen and oxygen atoms in total. The number of ether oxygens (including phenoxy) is 1. The van der Waals surface area contributed by atoms with Crippen molar-refractivity contribution < 1.29 is 9.13 Å². The lowest BCUT2D eigenvalue weighted by Crippen LogP contribution is -2.18. The van der Waals surface area contributed by atoms with Crippen LogP contribution in [0.3, 0.4) is 0 Å². The summed E-state index contributed by atoms with van der Waals surface area (Å²) in [6.45, 7) is 4.69. The van der Waals surface area contributed by atoms with Crippen molar-refractivity contribution in [3.05, 3.63) is 70.5 Å². The van der Waals surface area contributed by atoms with Crippen LogP contribution in [0.25, 0.3) is 0 Å². The van der Waals surface area contributed by atoms with Crippen LogP contribution in [0.5, 0.6) is 0 Å². The molecule has 0 saturated heterocycles. The Morgan fingerprint density at radius 2 is 1.90 bits per heavy atom. The lowest BCUT2D eigenvalue weighted by atomic mass is 10.00. The first-order chi connectivity index (χ1) is 9.58. The zero-order chi connectivity index (χ0) is 14.5. The van der Waals surface area contributed by atoms with Crippen molar-refractivity contribution >= 4 is 0 Å². The maximum absolute atomic E-state index is 13.4. The third-order valence-corrected chi connectivity index (χ3v) is 3.35. The molecule has 0 amide bonds. The van der Waals surface area contributed by atoms with Gasteiger partial charge in [0, 0.05) is 5.56 Å². The van der Waals surface area contributed by atoms with E-state index in [1.807, 2.05) is 13.8 Å². The van der Waals surface area contributed by atoms with E-state index in [1.165, 1.54) is 11.6 Å². The Bertz CT molecular complexity index is 583. The van der Waals surface area contributed by atoms with Crippen LogP contribution in [-0.2, 0) is 11.3 Å². The fraction of sp³-hybridized carbons (Fsp3) is 0.294. The smallest absolute Gasteiger partial charge is 0.128 e. The van der Waals surface area contributed by atoms with Crippen molar-refractivity contribution in [2.75, 3.05) is 6.61 Å². The Kier molecular flexibility index (Phi) is 4.88. The maximum atomic E-state index is 13.4. The summed E-state index contributed by atoms with van der Waals surface area (Å²) in [6, 6.07) is 12.6. The highest BCUT2D eigenvalue weighted by Gasteiger charge is 2.10. The van der Waals surface area contributed by atoms with Gasteiger partial charge in [-0.05, 0) is 31.0 Å². The molecule has 0 bridgehead atoms. The van der Waals surface area contributed by atoms with E-state index < -0.39 is 0 Å². The van der Waals surface area contributed by atoms with Gasteiger partial charge in [-0.3, -0.25) is 0 Å². The van der Waals surface area contributed by atoms with Gasteiger partial charge < -0.3 is 10.5 Å². The largest absolute Gasteiger partial charge is 0.375 e. The van der Waals surface area contributed by atoms with Gasteiger partial charge in [-0.2, -0.15) is 0 Å². The van der Waals surface area contributed by atoms with Crippen LogP contribution in [0.1, 0.15) is 28.3 Å². The first-order valence-corrected chi connectivity index (χ1v) is 6.72. The fourth-order valence-electron chi connectivity index (χ4n) is 2.16. The van der Waals surface area contributed by atoms with E-state index in [0.717, 1.165) is 11.1 Å². The van der Waals surface area contributed by atoms with E-state index in [2.05, 4.69) is 18.2 Å². The molecule has 0 spiro atoms. The molecule has 1 unspecified atom stereocenters. The molecular weight excluding hydrogens is 253 g/mol. The molecule has 0 aliphatic heterocycles. The van der Waals surface area contributed by atoms with Gasteiger partial charge in [-0.15, -0.1) is 0 Å². The van der Waals surface area contributed by atoms with E-state index in [0.29, 0.717) is 12.2 Å². The lowest BCUT2D eigenvalue weighted by molar-refractivity contribution is 0.105. The van der Waals surface area contributed by atoms with Gasteiger partial charge in [0.2, 0.25) is 0 Å². The molecule has 2 aromatic carbocycles. The first kappa shape index (κ1) is 14.7. The molecule has 3 heteroatoms. The number of hydrogen-bond donors (Lipinski definition) is 1. The normalized spacial score (nSPS) is 12.4. The van der Waals surface area contributed by atoms with Gasteiger partial charge in [0.1, 0.15) is 5.82 Å². The van der Waals surface area contributed by atoms with Crippen molar-refractivity contribution in [2.24, 2.45) is 5.73 Å². The van der Waals surface area contributed by atoms with Gasteiger partial charge >= 0.3 is 0 Å². The number of rotatable bonds is 5. The summed E-state index contributed by atoms with van der Waals surface area (Å²) in [5.41, 5.74) is 10.1. The summed E-state index contributed by atoms with van der Waals surface area (Å²) >= 11 is 0. The molecule has 2 rings (SSSR count). The molecule has 2 aromatic rings. The first-order valence-electron chi connectivity index (χ1n) is 6.72. The van der Waals surface area contributed by atoms with Crippen LogP contribution >= 0.6 is 0 Å². The van der Waals surface area contributed by atoms with Crippen LogP contribution in [0, 0.1) is 19.7 Å². The molecule has 2 N–H and O–H groups in total. The van der Waals surface area contributed by atoms with E-state index >= 15 is 0 Å². The van der Waals surface area contributed by atoms with Gasteiger partial charge in [-0.25, -0.2) is 4.39 Å². The highest BCUT2D eigenvalue weighted by atomic mass is 19.1. The van der Waals surface area contributed by atoms with Crippen LogP contribution in [-0.4, -0.2) is 6.61 Å². The molecule has 0 aliphatic carbocycles. The summed E-state index contributed by atoms with van der Waals surface area (Å²) in [6.07, 6.45) is 0. The topological polar surface area (TPSA) is 35.2 Å². The van der Waals surface area contributed by atoms with E-state index in [4.69, 9.17) is 10.5 Å². The Balaban J connectivity index is 1.94. The lowest BCUT2D eigenvalue weighted by Gasteiger charge is -2.16. The van der Waals surface area contributed by atoms with Crippen molar-refractivity contribution in [1.29, 1.82) is 0 Å². The molecule has 0 aliphatic rings. The quantitative estimate of drug-likeness (QED) is 0.902. The number of nitrogens with two attached hydrogens (primary N) is 1. The van der Waals surface area contributed by atoms with Crippen molar-refractivity contribution in [3.8, 4) is 0 Å². The minimum atomic E-state index is -0.243. The summed E-state index contributed by atoms with van der Waals surface area (Å²) in [7, 11) is 0. The summed E-state index contributed by atoms with van der Waals surface area (Å²) < 4.78 is 19.0. The minimum Gasteiger partial charge on any atom is -0.375 e. The molecule has 0 saturated carbocycles. The van der Waals surface area contributed by atoms with Gasteiger partial charge in [-0.1, -0.05) is 42.0 Å².